The van der Waals surface area contributed by atoms with E-state index >= 15 is 0 Å². The maximum atomic E-state index is 13.2. The van der Waals surface area contributed by atoms with Crippen LogP contribution in [-0.2, 0) is 4.79 Å². The lowest BCUT2D eigenvalue weighted by Gasteiger charge is -2.29. The van der Waals surface area contributed by atoms with Crippen LogP contribution >= 0.6 is 23.2 Å². The molecule has 0 saturated heterocycles. The molecule has 1 fully saturated rings. The Balaban J connectivity index is 1.66. The molecule has 4 rings (SSSR count). The van der Waals surface area contributed by atoms with E-state index in [-0.39, 0.29) is 23.9 Å². The van der Waals surface area contributed by atoms with Gasteiger partial charge in [0.25, 0.3) is 5.91 Å². The van der Waals surface area contributed by atoms with Crippen LogP contribution in [0.25, 0.3) is 0 Å². The monoisotopic (exact) mass is 489 g/mol. The van der Waals surface area contributed by atoms with E-state index in [1.807, 2.05) is 44.2 Å². The summed E-state index contributed by atoms with van der Waals surface area (Å²) in [4.78, 5) is 13.2. The summed E-state index contributed by atoms with van der Waals surface area (Å²) in [7, 11) is 0. The number of nitrogens with zero attached hydrogens (tertiary/aromatic N) is 2. The zero-order valence-corrected chi connectivity index (χ0v) is 20.3. The van der Waals surface area contributed by atoms with Gasteiger partial charge in [0.15, 0.2) is 0 Å². The maximum absolute atomic E-state index is 13.2. The Morgan fingerprint density at radius 2 is 1.91 bits per heavy atom. The minimum atomic E-state index is -0.524. The molecule has 1 aliphatic heterocycles. The number of aliphatic hydroxyl groups excluding tert-OH is 1. The molecule has 2 unspecified atom stereocenters. The van der Waals surface area contributed by atoms with E-state index in [1.165, 1.54) is 0 Å². The first kappa shape index (κ1) is 23.9. The summed E-state index contributed by atoms with van der Waals surface area (Å²) in [5, 5.41) is 20.8. The number of halogens is 2. The molecule has 176 valence electrons. The van der Waals surface area contributed by atoms with Crippen molar-refractivity contribution in [3.8, 4) is 5.75 Å². The van der Waals surface area contributed by atoms with Crippen molar-refractivity contribution in [2.24, 2.45) is 11.0 Å². The number of hydrogen-bond donors (Lipinski definition) is 2. The first-order valence-electron chi connectivity index (χ1n) is 11.4. The van der Waals surface area contributed by atoms with Gasteiger partial charge in [-0.2, -0.15) is 5.10 Å². The van der Waals surface area contributed by atoms with Crippen LogP contribution in [0.15, 0.2) is 47.6 Å². The quantitative estimate of drug-likeness (QED) is 0.572. The molecule has 2 aromatic rings. The van der Waals surface area contributed by atoms with E-state index < -0.39 is 6.10 Å². The van der Waals surface area contributed by atoms with E-state index in [2.05, 4.69) is 5.32 Å². The average molecular weight is 490 g/mol. The molecule has 1 amide bonds. The zero-order chi connectivity index (χ0) is 23.5. The number of carbonyl (C=O) groups excluding carboxylic acids is 1. The van der Waals surface area contributed by atoms with Gasteiger partial charge in [0, 0.05) is 10.9 Å². The summed E-state index contributed by atoms with van der Waals surface area (Å²) in [6.07, 6.45) is 2.92. The number of benzene rings is 2. The van der Waals surface area contributed by atoms with Gasteiger partial charge in [-0.3, -0.25) is 9.80 Å². The number of rotatable bonds is 6. The minimum absolute atomic E-state index is 0.213. The second-order valence-electron chi connectivity index (χ2n) is 8.59. The van der Waals surface area contributed by atoms with E-state index in [0.717, 1.165) is 30.6 Å². The number of ether oxygens (including phenoxy) is 1. The van der Waals surface area contributed by atoms with Crippen molar-refractivity contribution < 1.29 is 14.6 Å². The lowest BCUT2D eigenvalue weighted by atomic mass is 9.89. The van der Waals surface area contributed by atoms with Gasteiger partial charge in [0.05, 0.1) is 35.5 Å². The van der Waals surface area contributed by atoms with Crippen molar-refractivity contribution in [2.75, 3.05) is 11.6 Å². The zero-order valence-electron chi connectivity index (χ0n) is 18.8. The van der Waals surface area contributed by atoms with Gasteiger partial charge in [0.2, 0.25) is 0 Å². The van der Waals surface area contributed by atoms with Crippen LogP contribution in [-0.4, -0.2) is 35.5 Å². The lowest BCUT2D eigenvalue weighted by molar-refractivity contribution is -0.116. The number of carbonyl (C=O) groups is 1. The summed E-state index contributed by atoms with van der Waals surface area (Å²) in [5.74, 6) is 0.320. The smallest absolute Gasteiger partial charge is 0.268 e. The van der Waals surface area contributed by atoms with Crippen LogP contribution in [0.3, 0.4) is 0 Å². The van der Waals surface area contributed by atoms with E-state index in [1.54, 1.807) is 17.1 Å². The summed E-state index contributed by atoms with van der Waals surface area (Å²) in [6.45, 7) is 4.52. The lowest BCUT2D eigenvalue weighted by Crippen LogP contribution is -2.48. The third-order valence-electron chi connectivity index (χ3n) is 6.35. The van der Waals surface area contributed by atoms with Crippen LogP contribution in [0.5, 0.6) is 5.75 Å². The summed E-state index contributed by atoms with van der Waals surface area (Å²) < 4.78 is 5.58. The molecule has 6 nitrogen and oxygen atoms in total. The molecule has 2 aromatic carbocycles. The highest BCUT2D eigenvalue weighted by Crippen LogP contribution is 2.42. The summed E-state index contributed by atoms with van der Waals surface area (Å²) >= 11 is 12.6. The third kappa shape index (κ3) is 5.13. The van der Waals surface area contributed by atoms with Crippen LogP contribution in [0.4, 0.5) is 5.69 Å². The van der Waals surface area contributed by atoms with Gasteiger partial charge < -0.3 is 15.2 Å². The van der Waals surface area contributed by atoms with E-state index in [4.69, 9.17) is 33.0 Å². The average Bonchev–Trinajstić information content (AvgIpc) is 3.13. The Hall–Kier alpha value is -2.28. The highest BCUT2D eigenvalue weighted by Gasteiger charge is 2.41. The maximum Gasteiger partial charge on any atom is 0.268 e. The van der Waals surface area contributed by atoms with Gasteiger partial charge in [-0.1, -0.05) is 55.1 Å². The molecule has 0 aromatic heterocycles. The summed E-state index contributed by atoms with van der Waals surface area (Å²) in [5.41, 5.74) is 2.08. The molecular formula is C25H29Cl2N3O3. The molecule has 2 aliphatic rings. The number of aliphatic hydroxyl groups is 1. The van der Waals surface area contributed by atoms with Crippen molar-refractivity contribution in [3.63, 3.8) is 0 Å². The highest BCUT2D eigenvalue weighted by molar-refractivity contribution is 6.41. The molecular weight excluding hydrogens is 461 g/mol. The summed E-state index contributed by atoms with van der Waals surface area (Å²) in [6, 6.07) is 12.6. The number of nitrogens with one attached hydrogen (secondary N) is 1. The standard InChI is InChI=1S/C25H29Cl2N3O3/c1-3-33-18-11-8-16(9-12-18)24-15(2)23(25(32)28-20-6-4-5-7-22(20)31)29-30(24)21-13-10-17(26)14-19(21)27/h8-15,20,22,24,31H,3-7H2,1-2H3,(H,28,32)/t15?,20-,22-,24?/m0/s1. The molecule has 2 N–H and O–H groups in total. The van der Waals surface area contributed by atoms with Crippen molar-refractivity contribution in [1.29, 1.82) is 0 Å². The third-order valence-corrected chi connectivity index (χ3v) is 6.89. The second-order valence-corrected chi connectivity index (χ2v) is 9.44. The Morgan fingerprint density at radius 3 is 2.58 bits per heavy atom. The van der Waals surface area contributed by atoms with Crippen LogP contribution in [0, 0.1) is 5.92 Å². The number of hydrogen-bond acceptors (Lipinski definition) is 5. The fourth-order valence-electron chi connectivity index (χ4n) is 4.63. The second kappa shape index (κ2) is 10.3. The van der Waals surface area contributed by atoms with Crippen molar-refractivity contribution in [3.05, 3.63) is 58.1 Å². The van der Waals surface area contributed by atoms with Crippen LogP contribution in [0.1, 0.15) is 51.1 Å². The van der Waals surface area contributed by atoms with Gasteiger partial charge in [-0.15, -0.1) is 0 Å². The fourth-order valence-corrected chi connectivity index (χ4v) is 5.13. The molecule has 4 atom stereocenters. The Kier molecular flexibility index (Phi) is 7.47. The van der Waals surface area contributed by atoms with E-state index in [0.29, 0.717) is 34.5 Å². The van der Waals surface area contributed by atoms with Crippen molar-refractivity contribution >= 4 is 40.5 Å². The van der Waals surface area contributed by atoms with Crippen molar-refractivity contribution in [1.82, 2.24) is 5.32 Å². The van der Waals surface area contributed by atoms with Gasteiger partial charge in [-0.05, 0) is 55.7 Å². The van der Waals surface area contributed by atoms with Crippen molar-refractivity contribution in [2.45, 2.75) is 57.7 Å². The molecule has 0 bridgehead atoms. The molecule has 8 heteroatoms. The molecule has 33 heavy (non-hydrogen) atoms. The minimum Gasteiger partial charge on any atom is -0.494 e. The predicted octanol–water partition coefficient (Wildman–Crippen LogP) is 5.37. The molecule has 1 saturated carbocycles. The first-order chi connectivity index (χ1) is 15.9. The van der Waals surface area contributed by atoms with Gasteiger partial charge in [-0.25, -0.2) is 0 Å². The van der Waals surface area contributed by atoms with Gasteiger partial charge in [0.1, 0.15) is 11.5 Å². The highest BCUT2D eigenvalue weighted by atomic mass is 35.5. The SMILES string of the molecule is CCOc1ccc(C2C(C)C(C(=O)N[C@H]3CCCC[C@@H]3O)=NN2c2ccc(Cl)cc2Cl)cc1. The number of hydrazone groups is 1. The fraction of sp³-hybridized carbons (Fsp3) is 0.440. The van der Waals surface area contributed by atoms with Crippen LogP contribution in [0.2, 0.25) is 10.0 Å². The predicted molar refractivity (Wildman–Crippen MR) is 132 cm³/mol. The number of anilines is 1. The number of amides is 1. The molecule has 0 radical (unpaired) electrons. The Bertz CT molecular complexity index is 1030. The Morgan fingerprint density at radius 1 is 1.18 bits per heavy atom. The topological polar surface area (TPSA) is 74.2 Å². The molecule has 1 heterocycles. The normalized spacial score (nSPS) is 25.0. The molecule has 1 aliphatic carbocycles. The first-order valence-corrected chi connectivity index (χ1v) is 12.2. The van der Waals surface area contributed by atoms with Crippen LogP contribution < -0.4 is 15.1 Å². The van der Waals surface area contributed by atoms with Gasteiger partial charge >= 0.3 is 0 Å². The largest absolute Gasteiger partial charge is 0.494 e. The Labute approximate surface area is 204 Å². The van der Waals surface area contributed by atoms with E-state index in [9.17, 15) is 9.90 Å². The molecule has 0 spiro atoms.